The minimum Gasteiger partial charge on any atom is -0.389 e. The molecule has 8 nitrogen and oxygen atoms in total. The number of nitriles is 1. The van der Waals surface area contributed by atoms with Crippen LogP contribution < -0.4 is 11.1 Å². The number of thiophene rings is 1. The lowest BCUT2D eigenvalue weighted by Crippen LogP contribution is -2.57. The highest BCUT2D eigenvalue weighted by molar-refractivity contribution is 7.16. The fraction of sp³-hybridized carbons (Fsp3) is 0.720. The fourth-order valence-electron chi connectivity index (χ4n) is 5.90. The largest absolute Gasteiger partial charge is 0.389 e. The average Bonchev–Trinajstić information content (AvgIpc) is 3.12. The SMILES string of the molecule is CCN(C(=O)NCC(CC)(CC)N(C)C)C(=O)[C@@H]1C[C@@H]2Cc3c(sc(N)c3C#N)C[C@H]2N(C)C1. The molecule has 1 fully saturated rings. The summed E-state index contributed by atoms with van der Waals surface area (Å²) in [6, 6.07) is 2.29. The van der Waals surface area contributed by atoms with Gasteiger partial charge in [0.1, 0.15) is 11.1 Å². The highest BCUT2D eigenvalue weighted by Crippen LogP contribution is 2.43. The van der Waals surface area contributed by atoms with E-state index in [9.17, 15) is 14.9 Å². The van der Waals surface area contributed by atoms with E-state index < -0.39 is 0 Å². The number of nitrogen functional groups attached to an aromatic ring is 1. The summed E-state index contributed by atoms with van der Waals surface area (Å²) in [6.07, 6.45) is 4.18. The van der Waals surface area contributed by atoms with Crippen LogP contribution in [0.4, 0.5) is 9.80 Å². The van der Waals surface area contributed by atoms with Crippen LogP contribution in [-0.4, -0.2) is 79.0 Å². The molecule has 3 amide bonds. The Bertz CT molecular complexity index is 948. The third kappa shape index (κ3) is 4.81. The van der Waals surface area contributed by atoms with Crippen molar-refractivity contribution in [2.24, 2.45) is 11.8 Å². The number of piperidine rings is 1. The van der Waals surface area contributed by atoms with Gasteiger partial charge in [0, 0.05) is 36.1 Å². The molecule has 2 aliphatic rings. The topological polar surface area (TPSA) is 106 Å². The summed E-state index contributed by atoms with van der Waals surface area (Å²) in [4.78, 5) is 33.6. The first-order chi connectivity index (χ1) is 16.1. The number of amides is 3. The molecule has 0 radical (unpaired) electrons. The number of hydrogen-bond donors (Lipinski definition) is 2. The third-order valence-electron chi connectivity index (χ3n) is 8.31. The number of hydrogen-bond acceptors (Lipinski definition) is 7. The Morgan fingerprint density at radius 2 is 1.94 bits per heavy atom. The molecule has 3 N–H and O–H groups in total. The van der Waals surface area contributed by atoms with Crippen molar-refractivity contribution in [1.82, 2.24) is 20.0 Å². The van der Waals surface area contributed by atoms with Crippen LogP contribution in [0.15, 0.2) is 0 Å². The highest BCUT2D eigenvalue weighted by Gasteiger charge is 2.43. The van der Waals surface area contributed by atoms with E-state index in [1.807, 2.05) is 21.0 Å². The number of urea groups is 1. The van der Waals surface area contributed by atoms with E-state index in [0.717, 1.165) is 37.7 Å². The number of carbonyl (C=O) groups is 2. The number of nitrogens with two attached hydrogens (primary N) is 1. The highest BCUT2D eigenvalue weighted by atomic mass is 32.1. The molecule has 3 rings (SSSR count). The zero-order chi connectivity index (χ0) is 25.2. The number of fused-ring (bicyclic) bond motifs is 2. The minimum absolute atomic E-state index is 0.107. The van der Waals surface area contributed by atoms with Gasteiger partial charge < -0.3 is 20.9 Å². The normalized spacial score (nSPS) is 22.6. The fourth-order valence-corrected chi connectivity index (χ4v) is 6.99. The maximum atomic E-state index is 13.5. The monoisotopic (exact) mass is 488 g/mol. The lowest BCUT2D eigenvalue weighted by molar-refractivity contribution is -0.135. The molecule has 0 spiro atoms. The Labute approximate surface area is 208 Å². The average molecular weight is 489 g/mol. The lowest BCUT2D eigenvalue weighted by atomic mass is 9.74. The van der Waals surface area contributed by atoms with Crippen LogP contribution in [0.2, 0.25) is 0 Å². The summed E-state index contributed by atoms with van der Waals surface area (Å²) in [5, 5.41) is 13.2. The maximum absolute atomic E-state index is 13.5. The van der Waals surface area contributed by atoms with E-state index in [1.54, 1.807) is 0 Å². The molecule has 3 atom stereocenters. The molecule has 1 aromatic heterocycles. The summed E-state index contributed by atoms with van der Waals surface area (Å²) in [7, 11) is 6.13. The Morgan fingerprint density at radius 3 is 2.50 bits per heavy atom. The minimum atomic E-state index is -0.311. The predicted octanol–water partition coefficient (Wildman–Crippen LogP) is 2.92. The first-order valence-corrected chi connectivity index (χ1v) is 13.2. The van der Waals surface area contributed by atoms with Gasteiger partial charge in [-0.1, -0.05) is 13.8 Å². The van der Waals surface area contributed by atoms with Gasteiger partial charge in [0.2, 0.25) is 5.91 Å². The zero-order valence-corrected chi connectivity index (χ0v) is 22.3. The molecule has 1 aromatic rings. The molecular weight excluding hydrogens is 448 g/mol. The predicted molar refractivity (Wildman–Crippen MR) is 137 cm³/mol. The number of likely N-dealkylation sites (N-methyl/N-ethyl adjacent to an activating group) is 2. The quantitative estimate of drug-likeness (QED) is 0.611. The molecule has 9 heteroatoms. The van der Waals surface area contributed by atoms with Gasteiger partial charge in [-0.05, 0) is 71.7 Å². The number of imide groups is 1. The van der Waals surface area contributed by atoms with Crippen molar-refractivity contribution in [1.29, 1.82) is 5.26 Å². The van der Waals surface area contributed by atoms with Crippen LogP contribution in [0.25, 0.3) is 0 Å². The molecule has 2 heterocycles. The Morgan fingerprint density at radius 1 is 1.26 bits per heavy atom. The number of anilines is 1. The van der Waals surface area contributed by atoms with Crippen molar-refractivity contribution < 1.29 is 9.59 Å². The molecule has 0 unspecified atom stereocenters. The van der Waals surface area contributed by atoms with Crippen LogP contribution in [0.3, 0.4) is 0 Å². The van der Waals surface area contributed by atoms with E-state index in [-0.39, 0.29) is 29.3 Å². The van der Waals surface area contributed by atoms with Crippen LogP contribution in [0.1, 0.15) is 56.0 Å². The second-order valence-corrected chi connectivity index (χ2v) is 11.2. The zero-order valence-electron chi connectivity index (χ0n) is 21.5. The molecule has 188 valence electrons. The third-order valence-corrected chi connectivity index (χ3v) is 9.39. The smallest absolute Gasteiger partial charge is 0.324 e. The summed E-state index contributed by atoms with van der Waals surface area (Å²) in [5.74, 6) is -0.0782. The summed E-state index contributed by atoms with van der Waals surface area (Å²) < 4.78 is 0. The first kappa shape index (κ1) is 26.5. The molecule has 1 aliphatic heterocycles. The molecule has 34 heavy (non-hydrogen) atoms. The van der Waals surface area contributed by atoms with Crippen molar-refractivity contribution in [3.8, 4) is 6.07 Å². The van der Waals surface area contributed by atoms with Gasteiger partial charge in [-0.3, -0.25) is 9.69 Å². The van der Waals surface area contributed by atoms with E-state index in [1.165, 1.54) is 21.1 Å². The molecular formula is C25H40N6O2S. The standard InChI is InChI=1S/C25H40N6O2S/c1-7-25(8-2,29(4)5)15-28-24(33)31(9-3)23(32)17-10-16-11-18-19(13-26)22(27)34-21(18)12-20(16)30(6)14-17/h16-17,20H,7-12,14-15,27H2,1-6H3,(H,28,33)/t16-,17-,20-/m1/s1. The molecule has 1 aliphatic carbocycles. The van der Waals surface area contributed by atoms with Gasteiger partial charge in [0.25, 0.3) is 0 Å². The molecule has 0 aromatic carbocycles. The molecule has 0 saturated carbocycles. The van der Waals surface area contributed by atoms with Crippen molar-refractivity contribution in [2.75, 3.05) is 46.5 Å². The number of nitrogens with one attached hydrogen (secondary N) is 1. The first-order valence-electron chi connectivity index (χ1n) is 12.4. The van der Waals surface area contributed by atoms with Gasteiger partial charge in [-0.15, -0.1) is 11.3 Å². The Kier molecular flexibility index (Phi) is 8.27. The summed E-state index contributed by atoms with van der Waals surface area (Å²) in [5.41, 5.74) is 7.64. The molecule has 1 saturated heterocycles. The van der Waals surface area contributed by atoms with Gasteiger partial charge in [-0.2, -0.15) is 5.26 Å². The van der Waals surface area contributed by atoms with Crippen LogP contribution in [-0.2, 0) is 17.6 Å². The van der Waals surface area contributed by atoms with Crippen molar-refractivity contribution in [3.05, 3.63) is 16.0 Å². The van der Waals surface area contributed by atoms with E-state index in [4.69, 9.17) is 5.73 Å². The van der Waals surface area contributed by atoms with Crippen molar-refractivity contribution >= 4 is 28.3 Å². The van der Waals surface area contributed by atoms with Gasteiger partial charge >= 0.3 is 6.03 Å². The number of nitrogens with zero attached hydrogens (tertiary/aromatic N) is 4. The number of carbonyl (C=O) groups excluding carboxylic acids is 2. The maximum Gasteiger partial charge on any atom is 0.324 e. The Balaban J connectivity index is 1.71. The van der Waals surface area contributed by atoms with E-state index in [0.29, 0.717) is 36.2 Å². The van der Waals surface area contributed by atoms with Crippen molar-refractivity contribution in [3.63, 3.8) is 0 Å². The van der Waals surface area contributed by atoms with Gasteiger partial charge in [-0.25, -0.2) is 4.79 Å². The lowest BCUT2D eigenvalue weighted by Gasteiger charge is -2.45. The van der Waals surface area contributed by atoms with Crippen LogP contribution in [0.5, 0.6) is 0 Å². The van der Waals surface area contributed by atoms with E-state index in [2.05, 4.69) is 42.1 Å². The van der Waals surface area contributed by atoms with Gasteiger partial charge in [0.15, 0.2) is 0 Å². The van der Waals surface area contributed by atoms with Crippen molar-refractivity contribution in [2.45, 2.75) is 64.5 Å². The van der Waals surface area contributed by atoms with Crippen LogP contribution >= 0.6 is 11.3 Å². The second-order valence-electron chi connectivity index (χ2n) is 10.0. The second kappa shape index (κ2) is 10.6. The van der Waals surface area contributed by atoms with E-state index >= 15 is 0 Å². The summed E-state index contributed by atoms with van der Waals surface area (Å²) in [6.45, 7) is 7.59. The van der Waals surface area contributed by atoms with Crippen LogP contribution in [0, 0.1) is 23.2 Å². The number of likely N-dealkylation sites (tertiary alicyclic amines) is 1. The summed E-state index contributed by atoms with van der Waals surface area (Å²) >= 11 is 1.53. The Hall–Kier alpha value is -2.15. The molecule has 0 bridgehead atoms. The number of rotatable bonds is 7. The van der Waals surface area contributed by atoms with Gasteiger partial charge in [0.05, 0.1) is 11.5 Å².